The third kappa shape index (κ3) is 4.43. The second-order valence-corrected chi connectivity index (χ2v) is 8.26. The van der Waals surface area contributed by atoms with Gasteiger partial charge in [-0.1, -0.05) is 24.8 Å². The Balaban J connectivity index is 1.78. The zero-order valence-corrected chi connectivity index (χ0v) is 16.3. The van der Waals surface area contributed by atoms with Crippen LogP contribution in [0.1, 0.15) is 51.6 Å². The molecule has 1 saturated heterocycles. The van der Waals surface area contributed by atoms with E-state index in [0.717, 1.165) is 11.3 Å². The minimum absolute atomic E-state index is 0.0514. The van der Waals surface area contributed by atoms with E-state index < -0.39 is 17.3 Å². The molecule has 3 rings (SSSR count). The third-order valence-electron chi connectivity index (χ3n) is 5.05. The first-order valence-corrected chi connectivity index (χ1v) is 9.40. The highest BCUT2D eigenvalue weighted by atomic mass is 16.6. The number of alkyl carbamates (subject to hydrolysis) is 1. The number of hydrogen-bond acceptors (Lipinski definition) is 4. The van der Waals surface area contributed by atoms with Crippen LogP contribution in [0.25, 0.3) is 0 Å². The van der Waals surface area contributed by atoms with Gasteiger partial charge in [0.05, 0.1) is 6.04 Å². The van der Waals surface area contributed by atoms with Gasteiger partial charge in [0.2, 0.25) is 5.91 Å². The van der Waals surface area contributed by atoms with Crippen LogP contribution in [0, 0.1) is 0 Å². The topological polar surface area (TPSA) is 67.9 Å². The Labute approximate surface area is 160 Å². The van der Waals surface area contributed by atoms with Crippen LogP contribution in [0.3, 0.4) is 0 Å². The van der Waals surface area contributed by atoms with E-state index in [-0.39, 0.29) is 11.9 Å². The van der Waals surface area contributed by atoms with Gasteiger partial charge in [0, 0.05) is 37.9 Å². The van der Waals surface area contributed by atoms with Crippen molar-refractivity contribution in [1.29, 1.82) is 0 Å². The number of carbonyl (C=O) groups is 2. The molecule has 1 aromatic rings. The predicted molar refractivity (Wildman–Crippen MR) is 103 cm³/mol. The molecule has 2 heterocycles. The molecule has 0 bridgehead atoms. The minimum Gasteiger partial charge on any atom is -0.487 e. The summed E-state index contributed by atoms with van der Waals surface area (Å²) in [6.07, 6.45) is 3.00. The van der Waals surface area contributed by atoms with Crippen LogP contribution in [0.2, 0.25) is 0 Å². The summed E-state index contributed by atoms with van der Waals surface area (Å²) in [5.41, 5.74) is 0.00744. The summed E-state index contributed by atoms with van der Waals surface area (Å²) >= 11 is 0. The molecule has 1 aromatic carbocycles. The molecule has 2 amide bonds. The number of amides is 2. The van der Waals surface area contributed by atoms with Crippen LogP contribution in [0.4, 0.5) is 4.79 Å². The number of hydrogen-bond donors (Lipinski definition) is 1. The lowest BCUT2D eigenvalue weighted by molar-refractivity contribution is -0.130. The lowest BCUT2D eigenvalue weighted by Crippen LogP contribution is -2.53. The van der Waals surface area contributed by atoms with Crippen LogP contribution >= 0.6 is 0 Å². The monoisotopic (exact) mass is 372 g/mol. The summed E-state index contributed by atoms with van der Waals surface area (Å²) in [6, 6.07) is 7.59. The van der Waals surface area contributed by atoms with E-state index >= 15 is 0 Å². The van der Waals surface area contributed by atoms with Crippen molar-refractivity contribution in [2.24, 2.45) is 0 Å². The third-order valence-corrected chi connectivity index (χ3v) is 5.05. The predicted octanol–water partition coefficient (Wildman–Crippen LogP) is 3.58. The number of nitrogens with one attached hydrogen (secondary N) is 1. The largest absolute Gasteiger partial charge is 0.487 e. The highest BCUT2D eigenvalue weighted by Crippen LogP contribution is 2.44. The number of nitrogens with zero attached hydrogens (tertiary/aromatic N) is 1. The summed E-state index contributed by atoms with van der Waals surface area (Å²) in [5, 5.41) is 3.01. The highest BCUT2D eigenvalue weighted by Gasteiger charge is 2.44. The van der Waals surface area contributed by atoms with Crippen LogP contribution in [0.5, 0.6) is 5.75 Å². The zero-order chi connectivity index (χ0) is 19.7. The van der Waals surface area contributed by atoms with Crippen LogP contribution in [-0.2, 0) is 9.53 Å². The molecule has 0 saturated carbocycles. The van der Waals surface area contributed by atoms with Crippen molar-refractivity contribution in [2.45, 2.75) is 57.3 Å². The van der Waals surface area contributed by atoms with Gasteiger partial charge in [-0.15, -0.1) is 0 Å². The fraction of sp³-hybridized carbons (Fsp3) is 0.524. The molecular weight excluding hydrogens is 344 g/mol. The second-order valence-electron chi connectivity index (χ2n) is 8.26. The Bertz CT molecular complexity index is 730. The zero-order valence-electron chi connectivity index (χ0n) is 16.3. The maximum atomic E-state index is 12.4. The van der Waals surface area contributed by atoms with Gasteiger partial charge in [-0.25, -0.2) is 4.79 Å². The molecule has 2 aliphatic heterocycles. The SMILES string of the molecule is C=CC(=O)N1CCC2(CC1)CC(NC(=O)OC(C)(C)C)c1ccccc1O2. The molecule has 1 fully saturated rings. The van der Waals surface area contributed by atoms with Crippen molar-refractivity contribution in [3.63, 3.8) is 0 Å². The Morgan fingerprint density at radius 1 is 1.30 bits per heavy atom. The maximum Gasteiger partial charge on any atom is 0.408 e. The van der Waals surface area contributed by atoms with Crippen LogP contribution in [0.15, 0.2) is 36.9 Å². The average molecular weight is 372 g/mol. The Morgan fingerprint density at radius 3 is 2.59 bits per heavy atom. The molecule has 1 N–H and O–H groups in total. The Kier molecular flexibility index (Phi) is 5.18. The van der Waals surface area contributed by atoms with Crippen LogP contribution in [-0.4, -0.2) is 41.2 Å². The standard InChI is InChI=1S/C21H28N2O4/c1-5-18(24)23-12-10-21(11-13-23)14-16(22-19(25)27-20(2,3)4)15-8-6-7-9-17(15)26-21/h5-9,16H,1,10-14H2,2-4H3,(H,22,25). The van der Waals surface area contributed by atoms with Crippen molar-refractivity contribution in [3.05, 3.63) is 42.5 Å². The van der Waals surface area contributed by atoms with Gasteiger partial charge < -0.3 is 19.7 Å². The molecule has 2 aliphatic rings. The number of rotatable bonds is 2. The molecule has 146 valence electrons. The van der Waals surface area contributed by atoms with E-state index in [2.05, 4.69) is 11.9 Å². The van der Waals surface area contributed by atoms with E-state index in [1.54, 1.807) is 4.90 Å². The Morgan fingerprint density at radius 2 is 1.96 bits per heavy atom. The quantitative estimate of drug-likeness (QED) is 0.806. The van der Waals surface area contributed by atoms with Crippen molar-refractivity contribution < 1.29 is 19.1 Å². The number of benzene rings is 1. The van der Waals surface area contributed by atoms with E-state index in [9.17, 15) is 9.59 Å². The molecular formula is C21H28N2O4. The molecule has 6 heteroatoms. The average Bonchev–Trinajstić information content (AvgIpc) is 2.60. The lowest BCUT2D eigenvalue weighted by Gasteiger charge is -2.46. The first-order chi connectivity index (χ1) is 12.7. The number of carbonyl (C=O) groups excluding carboxylic acids is 2. The number of para-hydroxylation sites is 1. The number of piperidine rings is 1. The van der Waals surface area contributed by atoms with Gasteiger partial charge in [-0.2, -0.15) is 0 Å². The van der Waals surface area contributed by atoms with Gasteiger partial charge in [0.25, 0.3) is 0 Å². The fourth-order valence-electron chi connectivity index (χ4n) is 3.77. The normalized spacial score (nSPS) is 21.0. The summed E-state index contributed by atoms with van der Waals surface area (Å²) in [6.45, 7) is 10.3. The van der Waals surface area contributed by atoms with Crippen molar-refractivity contribution in [2.75, 3.05) is 13.1 Å². The van der Waals surface area contributed by atoms with Gasteiger partial charge in [-0.05, 0) is 32.9 Å². The maximum absolute atomic E-state index is 12.4. The first kappa shape index (κ1) is 19.3. The second kappa shape index (κ2) is 7.25. The van der Waals surface area contributed by atoms with Gasteiger partial charge >= 0.3 is 6.09 Å². The van der Waals surface area contributed by atoms with E-state index in [0.29, 0.717) is 32.4 Å². The Hall–Kier alpha value is -2.50. The minimum atomic E-state index is -0.553. The number of fused-ring (bicyclic) bond motifs is 1. The summed E-state index contributed by atoms with van der Waals surface area (Å²) in [4.78, 5) is 26.0. The van der Waals surface area contributed by atoms with Crippen molar-refractivity contribution >= 4 is 12.0 Å². The summed E-state index contributed by atoms with van der Waals surface area (Å²) in [5.74, 6) is 0.734. The number of likely N-dealkylation sites (tertiary alicyclic amines) is 1. The fourth-order valence-corrected chi connectivity index (χ4v) is 3.77. The highest BCUT2D eigenvalue weighted by molar-refractivity contribution is 5.87. The van der Waals surface area contributed by atoms with E-state index in [4.69, 9.17) is 9.47 Å². The molecule has 27 heavy (non-hydrogen) atoms. The smallest absolute Gasteiger partial charge is 0.408 e. The van der Waals surface area contributed by atoms with Gasteiger partial charge in [0.15, 0.2) is 0 Å². The van der Waals surface area contributed by atoms with Crippen LogP contribution < -0.4 is 10.1 Å². The molecule has 0 aliphatic carbocycles. The molecule has 6 nitrogen and oxygen atoms in total. The molecule has 0 radical (unpaired) electrons. The van der Waals surface area contributed by atoms with Crippen molar-refractivity contribution in [3.8, 4) is 5.75 Å². The van der Waals surface area contributed by atoms with E-state index in [1.807, 2.05) is 45.0 Å². The van der Waals surface area contributed by atoms with Gasteiger partial charge in [-0.3, -0.25) is 4.79 Å². The molecule has 1 unspecified atom stereocenters. The molecule has 1 spiro atoms. The number of ether oxygens (including phenoxy) is 2. The van der Waals surface area contributed by atoms with Crippen molar-refractivity contribution in [1.82, 2.24) is 10.2 Å². The molecule has 0 aromatic heterocycles. The van der Waals surface area contributed by atoms with Gasteiger partial charge in [0.1, 0.15) is 17.0 Å². The summed E-state index contributed by atoms with van der Waals surface area (Å²) < 4.78 is 11.8. The first-order valence-electron chi connectivity index (χ1n) is 9.40. The molecule has 1 atom stereocenters. The van der Waals surface area contributed by atoms with E-state index in [1.165, 1.54) is 6.08 Å². The lowest BCUT2D eigenvalue weighted by atomic mass is 9.80. The summed E-state index contributed by atoms with van der Waals surface area (Å²) in [7, 11) is 0.